The molecular formula is C27H38N2O2. The molecule has 2 atom stereocenters. The first kappa shape index (κ1) is 24.6. The molecule has 0 fully saturated rings. The van der Waals surface area contributed by atoms with Crippen molar-refractivity contribution in [2.24, 2.45) is 0 Å². The second-order valence-corrected chi connectivity index (χ2v) is 8.42. The van der Waals surface area contributed by atoms with Crippen LogP contribution in [0.15, 0.2) is 48.5 Å². The number of nitrogens with one attached hydrogen (secondary N) is 1. The third-order valence-electron chi connectivity index (χ3n) is 5.92. The molecule has 4 nitrogen and oxygen atoms in total. The van der Waals surface area contributed by atoms with Gasteiger partial charge in [-0.25, -0.2) is 0 Å². The summed E-state index contributed by atoms with van der Waals surface area (Å²) in [4.78, 5) is 28.1. The smallest absolute Gasteiger partial charge is 0.243 e. The summed E-state index contributed by atoms with van der Waals surface area (Å²) in [6.07, 6.45) is 3.53. The summed E-state index contributed by atoms with van der Waals surface area (Å²) in [5.74, 6) is -0.0455. The van der Waals surface area contributed by atoms with Crippen molar-refractivity contribution in [3.8, 4) is 0 Å². The average Bonchev–Trinajstić information content (AvgIpc) is 2.78. The monoisotopic (exact) mass is 422 g/mol. The Morgan fingerprint density at radius 2 is 1.45 bits per heavy atom. The highest BCUT2D eigenvalue weighted by Crippen LogP contribution is 2.16. The van der Waals surface area contributed by atoms with Gasteiger partial charge in [-0.2, -0.15) is 0 Å². The first-order valence-electron chi connectivity index (χ1n) is 11.6. The number of amides is 2. The number of carbonyl (C=O) groups excluding carboxylic acids is 2. The number of aryl methyl sites for hydroxylation is 3. The number of hydrogen-bond donors (Lipinski definition) is 1. The fourth-order valence-corrected chi connectivity index (χ4v) is 3.59. The summed E-state index contributed by atoms with van der Waals surface area (Å²) in [7, 11) is 0. The van der Waals surface area contributed by atoms with E-state index in [1.165, 1.54) is 11.1 Å². The summed E-state index contributed by atoms with van der Waals surface area (Å²) in [5.41, 5.74) is 4.67. The minimum Gasteiger partial charge on any atom is -0.352 e. The topological polar surface area (TPSA) is 49.4 Å². The maximum absolute atomic E-state index is 13.3. The molecule has 0 radical (unpaired) electrons. The Hall–Kier alpha value is -2.62. The molecule has 0 aliphatic heterocycles. The van der Waals surface area contributed by atoms with Crippen LogP contribution in [0.25, 0.3) is 0 Å². The van der Waals surface area contributed by atoms with Crippen molar-refractivity contribution in [1.29, 1.82) is 0 Å². The van der Waals surface area contributed by atoms with Crippen LogP contribution in [-0.4, -0.2) is 28.8 Å². The van der Waals surface area contributed by atoms with Gasteiger partial charge in [0.05, 0.1) is 0 Å². The highest BCUT2D eigenvalue weighted by atomic mass is 16.2. The Bertz CT molecular complexity index is 827. The molecule has 168 valence electrons. The van der Waals surface area contributed by atoms with Crippen LogP contribution in [-0.2, 0) is 29.0 Å². The van der Waals surface area contributed by atoms with E-state index in [0.29, 0.717) is 25.8 Å². The van der Waals surface area contributed by atoms with Gasteiger partial charge in [0.15, 0.2) is 0 Å². The van der Waals surface area contributed by atoms with Crippen LogP contribution in [0.2, 0.25) is 0 Å². The van der Waals surface area contributed by atoms with Crippen molar-refractivity contribution >= 4 is 11.8 Å². The quantitative estimate of drug-likeness (QED) is 0.540. The molecule has 2 amide bonds. The minimum absolute atomic E-state index is 0.0197. The normalized spacial score (nSPS) is 12.8. The van der Waals surface area contributed by atoms with Crippen molar-refractivity contribution in [3.05, 3.63) is 70.8 Å². The number of hydrogen-bond acceptors (Lipinski definition) is 2. The molecule has 31 heavy (non-hydrogen) atoms. The van der Waals surface area contributed by atoms with Gasteiger partial charge in [0.1, 0.15) is 6.04 Å². The first-order chi connectivity index (χ1) is 14.9. The van der Waals surface area contributed by atoms with Gasteiger partial charge in [0, 0.05) is 19.0 Å². The number of carbonyl (C=O) groups is 2. The van der Waals surface area contributed by atoms with Gasteiger partial charge in [0.25, 0.3) is 0 Å². The molecule has 0 bridgehead atoms. The molecule has 0 aliphatic carbocycles. The molecular weight excluding hydrogens is 384 g/mol. The van der Waals surface area contributed by atoms with Gasteiger partial charge in [0.2, 0.25) is 11.8 Å². The van der Waals surface area contributed by atoms with E-state index >= 15 is 0 Å². The third kappa shape index (κ3) is 7.54. The van der Waals surface area contributed by atoms with E-state index in [1.54, 1.807) is 4.90 Å². The zero-order valence-corrected chi connectivity index (χ0v) is 19.8. The van der Waals surface area contributed by atoms with Crippen molar-refractivity contribution in [2.45, 2.75) is 85.4 Å². The molecule has 0 aliphatic rings. The van der Waals surface area contributed by atoms with Crippen molar-refractivity contribution in [2.75, 3.05) is 0 Å². The van der Waals surface area contributed by atoms with Gasteiger partial charge in [-0.3, -0.25) is 9.59 Å². The van der Waals surface area contributed by atoms with E-state index in [1.807, 2.05) is 52.0 Å². The predicted octanol–water partition coefficient (Wildman–Crippen LogP) is 5.21. The Balaban J connectivity index is 2.18. The number of nitrogens with zero attached hydrogens (tertiary/aromatic N) is 1. The maximum atomic E-state index is 13.3. The van der Waals surface area contributed by atoms with Gasteiger partial charge in [-0.1, -0.05) is 74.9 Å². The predicted molar refractivity (Wildman–Crippen MR) is 128 cm³/mol. The summed E-state index contributed by atoms with van der Waals surface area (Å²) in [6, 6.07) is 16.3. The van der Waals surface area contributed by atoms with Gasteiger partial charge >= 0.3 is 0 Å². The highest BCUT2D eigenvalue weighted by Gasteiger charge is 2.28. The lowest BCUT2D eigenvalue weighted by molar-refractivity contribution is -0.141. The molecule has 2 rings (SSSR count). The van der Waals surface area contributed by atoms with E-state index in [0.717, 1.165) is 24.0 Å². The number of rotatable bonds is 11. The fourth-order valence-electron chi connectivity index (χ4n) is 3.59. The standard InChI is InChI=1S/C27H38N2O2/c1-6-21(5)28-27(31)25(8-3)29(19-24-11-9-20(4)10-12-24)26(30)18-17-23-15-13-22(7-2)14-16-23/h9-16,21,25H,6-8,17-19H2,1-5H3,(H,28,31). The average molecular weight is 423 g/mol. The Morgan fingerprint density at radius 3 is 2.00 bits per heavy atom. The maximum Gasteiger partial charge on any atom is 0.243 e. The summed E-state index contributed by atoms with van der Waals surface area (Å²) in [6.45, 7) is 10.6. The van der Waals surface area contributed by atoms with Crippen LogP contribution >= 0.6 is 0 Å². The number of benzene rings is 2. The lowest BCUT2D eigenvalue weighted by atomic mass is 10.0. The largest absolute Gasteiger partial charge is 0.352 e. The lowest BCUT2D eigenvalue weighted by Crippen LogP contribution is -2.50. The van der Waals surface area contributed by atoms with Crippen LogP contribution < -0.4 is 5.32 Å². The molecule has 0 spiro atoms. The molecule has 2 aromatic rings. The van der Waals surface area contributed by atoms with E-state index < -0.39 is 6.04 Å². The van der Waals surface area contributed by atoms with Crippen LogP contribution in [0.1, 0.15) is 69.2 Å². The summed E-state index contributed by atoms with van der Waals surface area (Å²) >= 11 is 0. The van der Waals surface area contributed by atoms with Crippen LogP contribution in [0, 0.1) is 6.92 Å². The van der Waals surface area contributed by atoms with Crippen molar-refractivity contribution < 1.29 is 9.59 Å². The van der Waals surface area contributed by atoms with Gasteiger partial charge < -0.3 is 10.2 Å². The van der Waals surface area contributed by atoms with Crippen LogP contribution in [0.3, 0.4) is 0 Å². The van der Waals surface area contributed by atoms with Crippen LogP contribution in [0.5, 0.6) is 0 Å². The zero-order valence-electron chi connectivity index (χ0n) is 19.8. The molecule has 2 aromatic carbocycles. The van der Waals surface area contributed by atoms with E-state index in [-0.39, 0.29) is 17.9 Å². The molecule has 2 unspecified atom stereocenters. The second-order valence-electron chi connectivity index (χ2n) is 8.42. The fraction of sp³-hybridized carbons (Fsp3) is 0.481. The highest BCUT2D eigenvalue weighted by molar-refractivity contribution is 5.87. The second kappa shape index (κ2) is 12.3. The van der Waals surface area contributed by atoms with E-state index in [4.69, 9.17) is 0 Å². The zero-order chi connectivity index (χ0) is 22.8. The van der Waals surface area contributed by atoms with Crippen molar-refractivity contribution in [3.63, 3.8) is 0 Å². The molecule has 0 saturated carbocycles. The SMILES string of the molecule is CCc1ccc(CCC(=O)N(Cc2ccc(C)cc2)C(CC)C(=O)NC(C)CC)cc1. The summed E-state index contributed by atoms with van der Waals surface area (Å²) in [5, 5.41) is 3.06. The molecule has 0 heterocycles. The lowest BCUT2D eigenvalue weighted by Gasteiger charge is -2.31. The van der Waals surface area contributed by atoms with Gasteiger partial charge in [-0.05, 0) is 56.2 Å². The van der Waals surface area contributed by atoms with E-state index in [2.05, 4.69) is 36.5 Å². The molecule has 4 heteroatoms. The first-order valence-corrected chi connectivity index (χ1v) is 11.6. The Labute approximate surface area is 188 Å². The Morgan fingerprint density at radius 1 is 0.871 bits per heavy atom. The molecule has 0 saturated heterocycles. The minimum atomic E-state index is -0.467. The molecule has 0 aromatic heterocycles. The van der Waals surface area contributed by atoms with Gasteiger partial charge in [-0.15, -0.1) is 0 Å². The van der Waals surface area contributed by atoms with Crippen LogP contribution in [0.4, 0.5) is 0 Å². The van der Waals surface area contributed by atoms with Crippen molar-refractivity contribution in [1.82, 2.24) is 10.2 Å². The Kier molecular flexibility index (Phi) is 9.77. The third-order valence-corrected chi connectivity index (χ3v) is 5.92. The summed E-state index contributed by atoms with van der Waals surface area (Å²) < 4.78 is 0. The molecule has 1 N–H and O–H groups in total. The van der Waals surface area contributed by atoms with E-state index in [9.17, 15) is 9.59 Å².